The molecule has 0 bridgehead atoms. The Kier molecular flexibility index (Phi) is 4.91. The second-order valence-electron chi connectivity index (χ2n) is 4.12. The summed E-state index contributed by atoms with van der Waals surface area (Å²) in [6.07, 6.45) is 7.01. The molecule has 0 aromatic carbocycles. The highest BCUT2D eigenvalue weighted by Crippen LogP contribution is 2.30. The Hall–Kier alpha value is -0.290. The van der Waals surface area contributed by atoms with Crippen LogP contribution in [-0.2, 0) is 5.75 Å². The SMILES string of the molecule is CCNc1nc(CSC2CCCCC2)ns1. The molecule has 0 atom stereocenters. The van der Waals surface area contributed by atoms with Gasteiger partial charge in [-0.3, -0.25) is 0 Å². The Labute approximate surface area is 106 Å². The van der Waals surface area contributed by atoms with E-state index in [1.54, 1.807) is 0 Å². The van der Waals surface area contributed by atoms with Crippen LogP contribution in [0.4, 0.5) is 5.13 Å². The molecule has 0 unspecified atom stereocenters. The molecule has 5 heteroatoms. The summed E-state index contributed by atoms with van der Waals surface area (Å²) >= 11 is 3.51. The standard InChI is InChI=1S/C11H19N3S2/c1-2-12-11-13-10(14-16-11)8-15-9-6-4-3-5-7-9/h9H,2-8H2,1H3,(H,12,13,14). The first-order valence-electron chi connectivity index (χ1n) is 6.06. The van der Waals surface area contributed by atoms with Gasteiger partial charge in [0.05, 0.1) is 5.75 Å². The third kappa shape index (κ3) is 3.63. The minimum Gasteiger partial charge on any atom is -0.361 e. The van der Waals surface area contributed by atoms with Crippen LogP contribution in [0, 0.1) is 0 Å². The average molecular weight is 257 g/mol. The van der Waals surface area contributed by atoms with Crippen LogP contribution in [0.5, 0.6) is 0 Å². The lowest BCUT2D eigenvalue weighted by molar-refractivity contribution is 0.516. The molecule has 2 rings (SSSR count). The molecular weight excluding hydrogens is 238 g/mol. The molecule has 1 heterocycles. The van der Waals surface area contributed by atoms with Crippen LogP contribution in [-0.4, -0.2) is 21.2 Å². The highest BCUT2D eigenvalue weighted by molar-refractivity contribution is 7.99. The summed E-state index contributed by atoms with van der Waals surface area (Å²) < 4.78 is 4.37. The summed E-state index contributed by atoms with van der Waals surface area (Å²) in [5.41, 5.74) is 0. The minimum atomic E-state index is 0.847. The van der Waals surface area contributed by atoms with Gasteiger partial charge in [-0.2, -0.15) is 16.1 Å². The summed E-state index contributed by atoms with van der Waals surface area (Å²) in [5, 5.41) is 5.01. The lowest BCUT2D eigenvalue weighted by Gasteiger charge is -2.20. The van der Waals surface area contributed by atoms with Gasteiger partial charge in [-0.05, 0) is 19.8 Å². The predicted octanol–water partition coefficient (Wildman–Crippen LogP) is 3.54. The zero-order chi connectivity index (χ0) is 11.2. The van der Waals surface area contributed by atoms with Crippen LogP contribution >= 0.6 is 23.3 Å². The van der Waals surface area contributed by atoms with E-state index in [2.05, 4.69) is 21.6 Å². The van der Waals surface area contributed by atoms with Crippen LogP contribution in [0.25, 0.3) is 0 Å². The van der Waals surface area contributed by atoms with E-state index in [1.807, 2.05) is 11.8 Å². The number of nitrogens with one attached hydrogen (secondary N) is 1. The molecule has 0 amide bonds. The minimum absolute atomic E-state index is 0.847. The van der Waals surface area contributed by atoms with E-state index in [-0.39, 0.29) is 0 Å². The van der Waals surface area contributed by atoms with Crippen molar-refractivity contribution in [2.75, 3.05) is 11.9 Å². The predicted molar refractivity (Wildman–Crippen MR) is 72.2 cm³/mol. The first-order chi connectivity index (χ1) is 7.88. The number of hydrogen-bond donors (Lipinski definition) is 1. The smallest absolute Gasteiger partial charge is 0.202 e. The number of nitrogens with zero attached hydrogens (tertiary/aromatic N) is 2. The van der Waals surface area contributed by atoms with Gasteiger partial charge in [0.15, 0.2) is 5.82 Å². The van der Waals surface area contributed by atoms with Crippen LogP contribution in [0.3, 0.4) is 0 Å². The van der Waals surface area contributed by atoms with Gasteiger partial charge in [0, 0.05) is 23.3 Å². The normalized spacial score (nSPS) is 17.6. The number of thioether (sulfide) groups is 1. The van der Waals surface area contributed by atoms with Gasteiger partial charge in [-0.1, -0.05) is 19.3 Å². The molecule has 1 saturated carbocycles. The number of rotatable bonds is 5. The van der Waals surface area contributed by atoms with Gasteiger partial charge in [0.2, 0.25) is 5.13 Å². The maximum Gasteiger partial charge on any atom is 0.202 e. The Morgan fingerprint density at radius 1 is 1.38 bits per heavy atom. The van der Waals surface area contributed by atoms with Gasteiger partial charge in [0.1, 0.15) is 0 Å². The maximum absolute atomic E-state index is 4.46. The van der Waals surface area contributed by atoms with E-state index in [4.69, 9.17) is 0 Å². The summed E-state index contributed by atoms with van der Waals surface area (Å²) in [7, 11) is 0. The van der Waals surface area contributed by atoms with Crippen LogP contribution < -0.4 is 5.32 Å². The maximum atomic E-state index is 4.46. The molecule has 1 N–H and O–H groups in total. The van der Waals surface area contributed by atoms with Gasteiger partial charge >= 0.3 is 0 Å². The van der Waals surface area contributed by atoms with E-state index in [1.165, 1.54) is 43.6 Å². The van der Waals surface area contributed by atoms with E-state index in [9.17, 15) is 0 Å². The molecule has 1 fully saturated rings. The topological polar surface area (TPSA) is 37.8 Å². The van der Waals surface area contributed by atoms with Crippen molar-refractivity contribution in [1.82, 2.24) is 9.36 Å². The van der Waals surface area contributed by atoms with Crippen molar-refractivity contribution in [2.45, 2.75) is 50.0 Å². The van der Waals surface area contributed by atoms with Crippen molar-refractivity contribution in [2.24, 2.45) is 0 Å². The molecule has 1 aliphatic rings. The third-order valence-electron chi connectivity index (χ3n) is 2.80. The lowest BCUT2D eigenvalue weighted by Crippen LogP contribution is -2.08. The fourth-order valence-corrected chi connectivity index (χ4v) is 3.87. The molecule has 1 aliphatic carbocycles. The quantitative estimate of drug-likeness (QED) is 0.875. The monoisotopic (exact) mass is 257 g/mol. The second kappa shape index (κ2) is 6.45. The molecule has 0 saturated heterocycles. The first-order valence-corrected chi connectivity index (χ1v) is 7.88. The number of anilines is 1. The van der Waals surface area contributed by atoms with Crippen LogP contribution in [0.15, 0.2) is 0 Å². The van der Waals surface area contributed by atoms with E-state index in [0.29, 0.717) is 0 Å². The van der Waals surface area contributed by atoms with Crippen molar-refractivity contribution < 1.29 is 0 Å². The van der Waals surface area contributed by atoms with Gasteiger partial charge in [-0.25, -0.2) is 4.98 Å². The Balaban J connectivity index is 1.75. The zero-order valence-corrected chi connectivity index (χ0v) is 11.4. The molecule has 16 heavy (non-hydrogen) atoms. The summed E-state index contributed by atoms with van der Waals surface area (Å²) in [6, 6.07) is 0. The summed E-state index contributed by atoms with van der Waals surface area (Å²) in [6.45, 7) is 3.00. The first kappa shape index (κ1) is 12.2. The Morgan fingerprint density at radius 2 is 2.19 bits per heavy atom. The molecule has 1 aromatic heterocycles. The second-order valence-corrected chi connectivity index (χ2v) is 6.16. The fraction of sp³-hybridized carbons (Fsp3) is 0.818. The van der Waals surface area contributed by atoms with Gasteiger partial charge in [0.25, 0.3) is 0 Å². The van der Waals surface area contributed by atoms with Crippen molar-refractivity contribution in [3.05, 3.63) is 5.82 Å². The van der Waals surface area contributed by atoms with Crippen molar-refractivity contribution >= 4 is 28.4 Å². The third-order valence-corrected chi connectivity index (χ3v) is 4.87. The molecular formula is C11H19N3S2. The van der Waals surface area contributed by atoms with Crippen molar-refractivity contribution in [3.8, 4) is 0 Å². The Morgan fingerprint density at radius 3 is 2.94 bits per heavy atom. The summed E-state index contributed by atoms with van der Waals surface area (Å²) in [4.78, 5) is 4.46. The number of aromatic nitrogens is 2. The molecule has 0 spiro atoms. The Bertz CT molecular complexity index is 308. The highest BCUT2D eigenvalue weighted by Gasteiger charge is 2.14. The summed E-state index contributed by atoms with van der Waals surface area (Å²) in [5.74, 6) is 1.98. The molecule has 0 aliphatic heterocycles. The van der Waals surface area contributed by atoms with E-state index < -0.39 is 0 Å². The fourth-order valence-electron chi connectivity index (χ4n) is 1.96. The lowest BCUT2D eigenvalue weighted by atomic mass is 10.0. The zero-order valence-electron chi connectivity index (χ0n) is 9.74. The molecule has 1 aromatic rings. The largest absolute Gasteiger partial charge is 0.361 e. The van der Waals surface area contributed by atoms with Crippen LogP contribution in [0.1, 0.15) is 44.9 Å². The van der Waals surface area contributed by atoms with Gasteiger partial charge in [-0.15, -0.1) is 0 Å². The highest BCUT2D eigenvalue weighted by atomic mass is 32.2. The van der Waals surface area contributed by atoms with Crippen LogP contribution in [0.2, 0.25) is 0 Å². The molecule has 90 valence electrons. The van der Waals surface area contributed by atoms with Gasteiger partial charge < -0.3 is 5.32 Å². The molecule has 0 radical (unpaired) electrons. The molecule has 3 nitrogen and oxygen atoms in total. The van der Waals surface area contributed by atoms with E-state index in [0.717, 1.165) is 28.5 Å². The average Bonchev–Trinajstić information content (AvgIpc) is 2.76. The number of hydrogen-bond acceptors (Lipinski definition) is 5. The van der Waals surface area contributed by atoms with Crippen molar-refractivity contribution in [3.63, 3.8) is 0 Å². The van der Waals surface area contributed by atoms with E-state index >= 15 is 0 Å². The van der Waals surface area contributed by atoms with Crippen molar-refractivity contribution in [1.29, 1.82) is 0 Å².